The predicted molar refractivity (Wildman–Crippen MR) is 121 cm³/mol. The fraction of sp³-hybridized carbons (Fsp3) is 0.409. The topological polar surface area (TPSA) is 104 Å². The molecule has 0 saturated heterocycles. The molecule has 1 aliphatic rings. The number of pyridine rings is 1. The minimum Gasteiger partial charge on any atom is -0.473 e. The van der Waals surface area contributed by atoms with Crippen molar-refractivity contribution in [1.29, 1.82) is 0 Å². The van der Waals surface area contributed by atoms with Crippen molar-refractivity contribution in [3.63, 3.8) is 0 Å². The van der Waals surface area contributed by atoms with E-state index in [0.29, 0.717) is 16.7 Å². The Morgan fingerprint density at radius 2 is 1.49 bits per heavy atom. The molecule has 13 heteroatoms. The van der Waals surface area contributed by atoms with E-state index in [0.717, 1.165) is 13.2 Å². The smallest absolute Gasteiger partial charge is 0.435 e. The molecule has 1 amide bonds. The quantitative estimate of drug-likeness (QED) is 0.377. The van der Waals surface area contributed by atoms with Crippen LogP contribution in [0.15, 0.2) is 30.3 Å². The molecule has 0 unspecified atom stereocenters. The number of aromatic nitrogens is 2. The molecule has 0 radical (unpaired) electrons. The van der Waals surface area contributed by atoms with Crippen LogP contribution in [-0.4, -0.2) is 23.0 Å². The number of halogens is 6. The van der Waals surface area contributed by atoms with E-state index in [1.54, 1.807) is 18.2 Å². The third-order valence-corrected chi connectivity index (χ3v) is 5.84. The molecular weight excluding hydrogens is 498 g/mol. The summed E-state index contributed by atoms with van der Waals surface area (Å²) in [6, 6.07) is 7.31. The van der Waals surface area contributed by atoms with Crippen LogP contribution in [0.2, 0.25) is 0 Å². The van der Waals surface area contributed by atoms with E-state index in [2.05, 4.69) is 14.7 Å². The van der Waals surface area contributed by atoms with Crippen molar-refractivity contribution < 1.29 is 35.9 Å². The van der Waals surface area contributed by atoms with E-state index < -0.39 is 34.5 Å². The lowest BCUT2D eigenvalue weighted by Gasteiger charge is -2.08. The number of hydrogen-bond donors (Lipinski definition) is 2. The zero-order valence-electron chi connectivity index (χ0n) is 18.7. The van der Waals surface area contributed by atoms with Crippen LogP contribution >= 0.6 is 11.3 Å². The Balaban J connectivity index is 0.000000201. The number of alkyl halides is 6. The van der Waals surface area contributed by atoms with Gasteiger partial charge >= 0.3 is 12.4 Å². The third-order valence-electron chi connectivity index (χ3n) is 4.81. The van der Waals surface area contributed by atoms with Gasteiger partial charge in [0.2, 0.25) is 0 Å². The Bertz CT molecular complexity index is 1120. The monoisotopic (exact) mass is 522 g/mol. The highest BCUT2D eigenvalue weighted by Crippen LogP contribution is 2.36. The van der Waals surface area contributed by atoms with Gasteiger partial charge in [-0.15, -0.1) is 0 Å². The second kappa shape index (κ2) is 12.0. The number of nitrogens with two attached hydrogens (primary N) is 2. The lowest BCUT2D eigenvalue weighted by Crippen LogP contribution is -2.16. The van der Waals surface area contributed by atoms with E-state index in [1.807, 2.05) is 0 Å². The van der Waals surface area contributed by atoms with Crippen molar-refractivity contribution in [3.8, 4) is 5.19 Å². The van der Waals surface area contributed by atoms with Crippen molar-refractivity contribution in [2.24, 2.45) is 5.73 Å². The average Bonchev–Trinajstić information content (AvgIpc) is 3.26. The molecule has 2 heterocycles. The first kappa shape index (κ1) is 28.1. The highest BCUT2D eigenvalue weighted by Gasteiger charge is 2.39. The summed E-state index contributed by atoms with van der Waals surface area (Å²) in [6.07, 6.45) is -0.157. The molecule has 0 bridgehead atoms. The number of thiazole rings is 1. The van der Waals surface area contributed by atoms with Crippen LogP contribution in [0.5, 0.6) is 5.19 Å². The van der Waals surface area contributed by atoms with Crippen LogP contribution < -0.4 is 16.2 Å². The van der Waals surface area contributed by atoms with Crippen LogP contribution in [0.1, 0.15) is 59.6 Å². The van der Waals surface area contributed by atoms with Crippen molar-refractivity contribution in [2.45, 2.75) is 50.9 Å². The van der Waals surface area contributed by atoms with Gasteiger partial charge in [-0.3, -0.25) is 4.79 Å². The molecule has 1 fully saturated rings. The lowest BCUT2D eigenvalue weighted by atomic mass is 10.0. The van der Waals surface area contributed by atoms with Crippen molar-refractivity contribution in [2.75, 3.05) is 12.8 Å². The largest absolute Gasteiger partial charge is 0.473 e. The number of methoxy groups -OCH3 is 1. The maximum absolute atomic E-state index is 12.4. The van der Waals surface area contributed by atoms with Crippen LogP contribution in [-0.2, 0) is 12.4 Å². The molecule has 4 rings (SSSR count). The summed E-state index contributed by atoms with van der Waals surface area (Å²) in [5.41, 5.74) is 8.36. The van der Waals surface area contributed by atoms with Gasteiger partial charge < -0.3 is 16.2 Å². The summed E-state index contributed by atoms with van der Waals surface area (Å²) in [4.78, 5) is 16.6. The normalized spacial score (nSPS) is 13.8. The number of hydrogen-bond acceptors (Lipinski definition) is 6. The number of nitrogen functional groups attached to an aromatic ring is 1. The molecule has 6 nitrogen and oxygen atoms in total. The van der Waals surface area contributed by atoms with E-state index in [4.69, 9.17) is 11.5 Å². The molecule has 1 aromatic carbocycles. The maximum Gasteiger partial charge on any atom is 0.435 e. The first-order valence-corrected chi connectivity index (χ1v) is 11.3. The first-order chi connectivity index (χ1) is 16.3. The van der Waals surface area contributed by atoms with E-state index in [1.165, 1.54) is 44.6 Å². The number of amides is 1. The van der Waals surface area contributed by atoms with E-state index in [-0.39, 0.29) is 16.4 Å². The molecule has 3 aromatic rings. The standard InChI is InChI=1S/C10H7F3N2.C6H5F3N2O2S.C6H12/c11-10(12,13)9-5-7(14)6-3-1-2-4-8(6)15-9;1-13-5-11-3(6(7,8)9)2(14-5)4(10)12;1-2-4-6-5-3-1/h1-5H,(H2,14,15);1H3,(H2,10,12);1-6H2. The van der Waals surface area contributed by atoms with Crippen LogP contribution in [0.3, 0.4) is 0 Å². The van der Waals surface area contributed by atoms with Gasteiger partial charge in [0.25, 0.3) is 11.1 Å². The highest BCUT2D eigenvalue weighted by atomic mass is 32.1. The molecule has 4 N–H and O–H groups in total. The Hall–Kier alpha value is -3.09. The van der Waals surface area contributed by atoms with Crippen molar-refractivity contribution in [3.05, 3.63) is 46.6 Å². The zero-order valence-corrected chi connectivity index (χ0v) is 19.5. The summed E-state index contributed by atoms with van der Waals surface area (Å²) in [6.45, 7) is 0. The molecule has 0 atom stereocenters. The van der Waals surface area contributed by atoms with Crippen LogP contribution in [0, 0.1) is 0 Å². The average molecular weight is 523 g/mol. The van der Waals surface area contributed by atoms with Crippen molar-refractivity contribution in [1.82, 2.24) is 9.97 Å². The molecule has 0 aliphatic heterocycles. The number of primary amides is 1. The van der Waals surface area contributed by atoms with Gasteiger partial charge in [0.05, 0.1) is 12.6 Å². The number of nitrogens with zero attached hydrogens (tertiary/aromatic N) is 2. The van der Waals surface area contributed by atoms with Gasteiger partial charge in [-0.25, -0.2) is 4.98 Å². The number of anilines is 1. The van der Waals surface area contributed by atoms with Gasteiger partial charge in [-0.2, -0.15) is 31.3 Å². The van der Waals surface area contributed by atoms with Gasteiger partial charge in [0.15, 0.2) is 5.69 Å². The summed E-state index contributed by atoms with van der Waals surface area (Å²) in [7, 11) is 1.16. The second-order valence-electron chi connectivity index (χ2n) is 7.46. The van der Waals surface area contributed by atoms with Gasteiger partial charge in [-0.1, -0.05) is 68.1 Å². The molecular formula is C22H24F6N4O2S. The minimum absolute atomic E-state index is 0.0907. The Morgan fingerprint density at radius 1 is 0.943 bits per heavy atom. The lowest BCUT2D eigenvalue weighted by molar-refractivity contribution is -0.141. The third kappa shape index (κ3) is 8.26. The van der Waals surface area contributed by atoms with E-state index >= 15 is 0 Å². The molecule has 2 aromatic heterocycles. The Labute approximate surface area is 201 Å². The molecule has 192 valence electrons. The molecule has 0 spiro atoms. The second-order valence-corrected chi connectivity index (χ2v) is 8.42. The van der Waals surface area contributed by atoms with Crippen LogP contribution in [0.25, 0.3) is 10.9 Å². The van der Waals surface area contributed by atoms with Crippen LogP contribution in [0.4, 0.5) is 32.0 Å². The van der Waals surface area contributed by atoms with Gasteiger partial charge in [0.1, 0.15) is 10.6 Å². The fourth-order valence-electron chi connectivity index (χ4n) is 3.16. The summed E-state index contributed by atoms with van der Waals surface area (Å²) in [5, 5.41) is 0.289. The fourth-order valence-corrected chi connectivity index (χ4v) is 3.91. The van der Waals surface area contributed by atoms with E-state index in [9.17, 15) is 31.1 Å². The SMILES string of the molecule is C1CCCCC1.COc1nc(C(F)(F)F)c(C(N)=O)s1.Nc1cc(C(F)(F)F)nc2ccccc12. The molecule has 1 saturated carbocycles. The van der Waals surface area contributed by atoms with Gasteiger partial charge in [0, 0.05) is 11.1 Å². The predicted octanol–water partition coefficient (Wildman–Crippen LogP) is 6.45. The maximum atomic E-state index is 12.4. The number of rotatable bonds is 2. The number of carbonyl (C=O) groups excluding carboxylic acids is 1. The molecule has 35 heavy (non-hydrogen) atoms. The zero-order chi connectivity index (χ0) is 26.2. The van der Waals surface area contributed by atoms with Gasteiger partial charge in [-0.05, 0) is 12.1 Å². The van der Waals surface area contributed by atoms with Crippen molar-refractivity contribution >= 4 is 33.8 Å². The summed E-state index contributed by atoms with van der Waals surface area (Å²) >= 11 is 0.467. The number of para-hydroxylation sites is 1. The number of carbonyl (C=O) groups is 1. The summed E-state index contributed by atoms with van der Waals surface area (Å²) in [5.74, 6) is -1.17. The highest BCUT2D eigenvalue weighted by molar-refractivity contribution is 7.15. The Morgan fingerprint density at radius 3 is 1.91 bits per heavy atom. The number of benzene rings is 1. The number of fused-ring (bicyclic) bond motifs is 1. The first-order valence-electron chi connectivity index (χ1n) is 10.5. The summed E-state index contributed by atoms with van der Waals surface area (Å²) < 4.78 is 78.3. The number of ether oxygens (including phenoxy) is 1. The Kier molecular flexibility index (Phi) is 9.69. The minimum atomic E-state index is -4.70. The molecule has 1 aliphatic carbocycles.